The molecule has 1 saturated carbocycles. The molecule has 0 saturated heterocycles. The van der Waals surface area contributed by atoms with Crippen molar-refractivity contribution in [1.82, 2.24) is 20.2 Å². The molecule has 94 valence electrons. The fourth-order valence-electron chi connectivity index (χ4n) is 2.02. The zero-order valence-corrected chi connectivity index (χ0v) is 10.4. The van der Waals surface area contributed by atoms with Crippen LogP contribution in [0.25, 0.3) is 0 Å². The van der Waals surface area contributed by atoms with Gasteiger partial charge in [0, 0.05) is 5.41 Å². The Balaban J connectivity index is 2.30. The van der Waals surface area contributed by atoms with Gasteiger partial charge in [0.1, 0.15) is 0 Å². The normalized spacial score (nSPS) is 18.1. The molecular formula is C11H18N4O2. The molecule has 6 heteroatoms. The highest BCUT2D eigenvalue weighted by Gasteiger charge is 2.37. The van der Waals surface area contributed by atoms with E-state index in [1.54, 1.807) is 4.68 Å². The van der Waals surface area contributed by atoms with E-state index in [2.05, 4.69) is 15.5 Å². The van der Waals surface area contributed by atoms with Crippen molar-refractivity contribution < 1.29 is 9.90 Å². The summed E-state index contributed by atoms with van der Waals surface area (Å²) in [6.45, 7) is 6.08. The highest BCUT2D eigenvalue weighted by Crippen LogP contribution is 2.42. The number of aliphatic carboxylic acids is 1. The van der Waals surface area contributed by atoms with E-state index in [9.17, 15) is 4.79 Å². The van der Waals surface area contributed by atoms with E-state index in [1.807, 2.05) is 20.8 Å². The summed E-state index contributed by atoms with van der Waals surface area (Å²) < 4.78 is 1.71. The molecule has 0 amide bonds. The minimum atomic E-state index is -0.794. The molecule has 0 radical (unpaired) electrons. The molecule has 1 aliphatic carbocycles. The zero-order chi connectivity index (χ0) is 12.6. The number of aromatic nitrogens is 4. The summed E-state index contributed by atoms with van der Waals surface area (Å²) >= 11 is 0. The first-order chi connectivity index (χ1) is 7.89. The Morgan fingerprint density at radius 1 is 1.53 bits per heavy atom. The van der Waals surface area contributed by atoms with E-state index in [0.29, 0.717) is 5.92 Å². The van der Waals surface area contributed by atoms with E-state index in [1.165, 1.54) is 0 Å². The number of tetrazole rings is 1. The van der Waals surface area contributed by atoms with Gasteiger partial charge in [0.25, 0.3) is 0 Å². The predicted octanol–water partition coefficient (Wildman–Crippen LogP) is 1.40. The van der Waals surface area contributed by atoms with Crippen molar-refractivity contribution in [3.63, 3.8) is 0 Å². The summed E-state index contributed by atoms with van der Waals surface area (Å²) in [6.07, 6.45) is 2.24. The van der Waals surface area contributed by atoms with Crippen LogP contribution in [0.4, 0.5) is 0 Å². The fraction of sp³-hybridized carbons (Fsp3) is 0.818. The van der Waals surface area contributed by atoms with Gasteiger partial charge in [-0.25, -0.2) is 4.68 Å². The van der Waals surface area contributed by atoms with Crippen LogP contribution in [0.2, 0.25) is 0 Å². The maximum absolute atomic E-state index is 10.9. The third kappa shape index (κ3) is 2.62. The largest absolute Gasteiger partial charge is 0.481 e. The lowest BCUT2D eigenvalue weighted by Crippen LogP contribution is -2.25. The Bertz CT molecular complexity index is 417. The van der Waals surface area contributed by atoms with E-state index >= 15 is 0 Å². The number of carboxylic acid groups (broad SMARTS) is 1. The van der Waals surface area contributed by atoms with Gasteiger partial charge in [-0.15, -0.1) is 5.10 Å². The van der Waals surface area contributed by atoms with Gasteiger partial charge in [-0.1, -0.05) is 20.8 Å². The van der Waals surface area contributed by atoms with Gasteiger partial charge in [-0.3, -0.25) is 4.79 Å². The summed E-state index contributed by atoms with van der Waals surface area (Å²) in [4.78, 5) is 10.9. The predicted molar refractivity (Wildman–Crippen MR) is 60.5 cm³/mol. The highest BCUT2D eigenvalue weighted by molar-refractivity contribution is 5.67. The highest BCUT2D eigenvalue weighted by atomic mass is 16.4. The second-order valence-electron chi connectivity index (χ2n) is 5.70. The number of nitrogens with zero attached hydrogens (tertiary/aromatic N) is 4. The van der Waals surface area contributed by atoms with Crippen molar-refractivity contribution in [1.29, 1.82) is 0 Å². The Hall–Kier alpha value is -1.46. The monoisotopic (exact) mass is 238 g/mol. The minimum absolute atomic E-state index is 0.0960. The van der Waals surface area contributed by atoms with Crippen LogP contribution in [0.15, 0.2) is 0 Å². The topological polar surface area (TPSA) is 80.9 Å². The zero-order valence-electron chi connectivity index (χ0n) is 10.4. The molecule has 2 rings (SSSR count). The third-order valence-corrected chi connectivity index (χ3v) is 3.03. The van der Waals surface area contributed by atoms with Gasteiger partial charge in [0.05, 0.1) is 12.5 Å². The van der Waals surface area contributed by atoms with Crippen LogP contribution in [0, 0.1) is 5.92 Å². The molecule has 0 bridgehead atoms. The lowest BCUT2D eigenvalue weighted by Gasteiger charge is -2.22. The van der Waals surface area contributed by atoms with Crippen molar-refractivity contribution in [2.75, 3.05) is 0 Å². The molecule has 0 aromatic carbocycles. The smallest absolute Gasteiger partial charge is 0.305 e. The number of hydrogen-bond donors (Lipinski definition) is 1. The molecule has 1 aromatic heterocycles. The summed E-state index contributed by atoms with van der Waals surface area (Å²) in [5, 5.41) is 20.7. The van der Waals surface area contributed by atoms with E-state index in [-0.39, 0.29) is 17.9 Å². The number of hydrogen-bond acceptors (Lipinski definition) is 4. The van der Waals surface area contributed by atoms with Crippen molar-refractivity contribution in [2.45, 2.75) is 51.5 Å². The maximum Gasteiger partial charge on any atom is 0.305 e. The Morgan fingerprint density at radius 3 is 2.65 bits per heavy atom. The van der Waals surface area contributed by atoms with Crippen LogP contribution in [0.5, 0.6) is 0 Å². The average molecular weight is 238 g/mol. The number of carbonyl (C=O) groups is 1. The summed E-state index contributed by atoms with van der Waals surface area (Å²) in [7, 11) is 0. The Labute approximate surface area is 100 Å². The molecule has 1 unspecified atom stereocenters. The molecule has 1 atom stereocenters. The van der Waals surface area contributed by atoms with Crippen LogP contribution in [-0.2, 0) is 10.2 Å². The molecule has 6 nitrogen and oxygen atoms in total. The van der Waals surface area contributed by atoms with E-state index in [0.717, 1.165) is 18.7 Å². The van der Waals surface area contributed by atoms with Crippen molar-refractivity contribution in [2.24, 2.45) is 5.92 Å². The molecule has 1 aliphatic rings. The van der Waals surface area contributed by atoms with Gasteiger partial charge in [-0.05, 0) is 29.2 Å². The number of carboxylic acids is 1. The van der Waals surface area contributed by atoms with Crippen LogP contribution in [-0.4, -0.2) is 31.3 Å². The summed E-state index contributed by atoms with van der Waals surface area (Å²) in [5.41, 5.74) is -0.171. The molecular weight excluding hydrogens is 220 g/mol. The molecule has 1 fully saturated rings. The molecule has 1 heterocycles. The number of rotatable bonds is 4. The van der Waals surface area contributed by atoms with Crippen molar-refractivity contribution in [3.8, 4) is 0 Å². The molecule has 0 spiro atoms. The molecule has 1 aromatic rings. The van der Waals surface area contributed by atoms with Crippen LogP contribution in [0.1, 0.15) is 51.9 Å². The minimum Gasteiger partial charge on any atom is -0.481 e. The molecule has 0 aliphatic heterocycles. The SMILES string of the molecule is CC(C)(C)c1nnnn1C(CC(=O)O)C1CC1. The van der Waals surface area contributed by atoms with Crippen LogP contribution in [0.3, 0.4) is 0 Å². The van der Waals surface area contributed by atoms with Gasteiger partial charge in [-0.2, -0.15) is 0 Å². The van der Waals surface area contributed by atoms with Crippen molar-refractivity contribution >= 4 is 5.97 Å². The van der Waals surface area contributed by atoms with Gasteiger partial charge in [0.15, 0.2) is 5.82 Å². The first-order valence-corrected chi connectivity index (χ1v) is 5.89. The lowest BCUT2D eigenvalue weighted by molar-refractivity contribution is -0.138. The fourth-order valence-corrected chi connectivity index (χ4v) is 2.02. The quantitative estimate of drug-likeness (QED) is 0.857. The third-order valence-electron chi connectivity index (χ3n) is 3.03. The summed E-state index contributed by atoms with van der Waals surface area (Å²) in [6, 6.07) is -0.100. The first kappa shape index (κ1) is 12.0. The standard InChI is InChI=1S/C11H18N4O2/c1-11(2,3)10-12-13-14-15(10)8(6-9(16)17)7-4-5-7/h7-8H,4-6H2,1-3H3,(H,16,17). The second kappa shape index (κ2) is 4.09. The van der Waals surface area contributed by atoms with Crippen LogP contribution >= 0.6 is 0 Å². The maximum atomic E-state index is 10.9. The Morgan fingerprint density at radius 2 is 2.18 bits per heavy atom. The average Bonchev–Trinajstić information content (AvgIpc) is 2.89. The Kier molecular flexibility index (Phi) is 2.89. The van der Waals surface area contributed by atoms with E-state index < -0.39 is 5.97 Å². The molecule has 17 heavy (non-hydrogen) atoms. The van der Waals surface area contributed by atoms with Crippen molar-refractivity contribution in [3.05, 3.63) is 5.82 Å². The van der Waals surface area contributed by atoms with E-state index in [4.69, 9.17) is 5.11 Å². The molecule has 1 N–H and O–H groups in total. The first-order valence-electron chi connectivity index (χ1n) is 5.89. The summed E-state index contributed by atoms with van der Waals surface area (Å²) in [5.74, 6) is 0.378. The lowest BCUT2D eigenvalue weighted by atomic mass is 9.95. The van der Waals surface area contributed by atoms with Gasteiger partial charge >= 0.3 is 5.97 Å². The van der Waals surface area contributed by atoms with Crippen LogP contribution < -0.4 is 0 Å². The second-order valence-corrected chi connectivity index (χ2v) is 5.70. The van der Waals surface area contributed by atoms with Gasteiger partial charge < -0.3 is 5.11 Å². The van der Waals surface area contributed by atoms with Gasteiger partial charge in [0.2, 0.25) is 0 Å².